The molecule has 0 heterocycles. The van der Waals surface area contributed by atoms with Crippen molar-refractivity contribution in [2.24, 2.45) is 0 Å². The fourth-order valence-corrected chi connectivity index (χ4v) is 4.27. The number of hydrogen-bond acceptors (Lipinski definition) is 4. The van der Waals surface area contributed by atoms with E-state index in [2.05, 4.69) is 18.9 Å². The molecular weight excluding hydrogens is 326 g/mol. The minimum absolute atomic E-state index is 0.257. The molecule has 2 aliphatic rings. The van der Waals surface area contributed by atoms with E-state index in [9.17, 15) is 5.11 Å². The van der Waals surface area contributed by atoms with Gasteiger partial charge in [-0.15, -0.1) is 0 Å². The van der Waals surface area contributed by atoms with Gasteiger partial charge in [0.05, 0.1) is 0 Å². The lowest BCUT2D eigenvalue weighted by atomic mass is 9.90. The van der Waals surface area contributed by atoms with E-state index in [1.807, 2.05) is 0 Å². The van der Waals surface area contributed by atoms with Crippen LogP contribution in [-0.2, 0) is 4.84 Å². The van der Waals surface area contributed by atoms with E-state index < -0.39 is 5.60 Å². The van der Waals surface area contributed by atoms with Crippen molar-refractivity contribution in [3.63, 3.8) is 0 Å². The van der Waals surface area contributed by atoms with Gasteiger partial charge in [0.1, 0.15) is 23.7 Å². The van der Waals surface area contributed by atoms with Crippen molar-refractivity contribution in [3.8, 4) is 11.5 Å². The summed E-state index contributed by atoms with van der Waals surface area (Å²) in [5.74, 6) is 1.02. The number of benzene rings is 1. The molecule has 4 nitrogen and oxygen atoms in total. The molecule has 0 bridgehead atoms. The molecule has 1 aromatic carbocycles. The van der Waals surface area contributed by atoms with Crippen molar-refractivity contribution in [2.45, 2.75) is 95.7 Å². The van der Waals surface area contributed by atoms with Crippen LogP contribution in [0, 0.1) is 0 Å². The van der Waals surface area contributed by atoms with Crippen LogP contribution in [0.25, 0.3) is 0 Å². The highest BCUT2D eigenvalue weighted by atomic mass is 16.7. The topological polar surface area (TPSA) is 41.9 Å². The molecule has 3 rings (SSSR count). The standard InChI is InChI=1S/C22H35NO3/c1-22(2,26-21-15-13-20(24)14-16-21)17-25-23(18-9-5-3-6-10-18)19-11-7-4-8-12-19/h13-16,18-19,24H,3-12,17H2,1-2H3. The first kappa shape index (κ1) is 19.5. The molecular formula is C22H35NO3. The smallest absolute Gasteiger partial charge is 0.129 e. The number of aromatic hydroxyl groups is 1. The van der Waals surface area contributed by atoms with Gasteiger partial charge in [0, 0.05) is 12.1 Å². The Balaban J connectivity index is 1.60. The van der Waals surface area contributed by atoms with Crippen LogP contribution < -0.4 is 4.74 Å². The number of ether oxygens (including phenoxy) is 1. The molecule has 146 valence electrons. The molecule has 0 aliphatic heterocycles. The summed E-state index contributed by atoms with van der Waals surface area (Å²) in [7, 11) is 0. The van der Waals surface area contributed by atoms with Crippen LogP contribution in [0.15, 0.2) is 24.3 Å². The van der Waals surface area contributed by atoms with Gasteiger partial charge in [-0.3, -0.25) is 4.84 Å². The highest BCUT2D eigenvalue weighted by Gasteiger charge is 2.32. The first-order valence-electron chi connectivity index (χ1n) is 10.4. The second-order valence-electron chi connectivity index (χ2n) is 8.57. The molecule has 0 aromatic heterocycles. The van der Waals surface area contributed by atoms with Crippen molar-refractivity contribution < 1.29 is 14.7 Å². The average Bonchev–Trinajstić information content (AvgIpc) is 2.65. The summed E-state index contributed by atoms with van der Waals surface area (Å²) in [5.41, 5.74) is -0.418. The third-order valence-corrected chi connectivity index (χ3v) is 5.66. The molecule has 0 spiro atoms. The van der Waals surface area contributed by atoms with Crippen molar-refractivity contribution >= 4 is 0 Å². The summed E-state index contributed by atoms with van der Waals surface area (Å²) in [6.45, 7) is 4.68. The van der Waals surface area contributed by atoms with E-state index in [1.54, 1.807) is 24.3 Å². The van der Waals surface area contributed by atoms with E-state index in [-0.39, 0.29) is 5.75 Å². The highest BCUT2D eigenvalue weighted by molar-refractivity contribution is 5.30. The van der Waals surface area contributed by atoms with E-state index in [4.69, 9.17) is 9.57 Å². The molecule has 26 heavy (non-hydrogen) atoms. The van der Waals surface area contributed by atoms with Crippen LogP contribution in [0.3, 0.4) is 0 Å². The van der Waals surface area contributed by atoms with Gasteiger partial charge >= 0.3 is 0 Å². The lowest BCUT2D eigenvalue weighted by Crippen LogP contribution is -2.48. The van der Waals surface area contributed by atoms with Gasteiger partial charge < -0.3 is 9.84 Å². The minimum Gasteiger partial charge on any atom is -0.508 e. The molecule has 0 amide bonds. The van der Waals surface area contributed by atoms with E-state index >= 15 is 0 Å². The number of phenolic OH excluding ortho intramolecular Hbond substituents is 1. The number of rotatable bonds is 7. The quantitative estimate of drug-likeness (QED) is 0.656. The summed E-state index contributed by atoms with van der Waals surface area (Å²) in [4.78, 5) is 6.44. The Morgan fingerprint density at radius 3 is 1.88 bits per heavy atom. The zero-order valence-corrected chi connectivity index (χ0v) is 16.5. The normalized spacial score (nSPS) is 20.4. The average molecular weight is 362 g/mol. The van der Waals surface area contributed by atoms with Gasteiger partial charge in [-0.25, -0.2) is 0 Å². The molecule has 0 atom stereocenters. The van der Waals surface area contributed by atoms with Crippen LogP contribution in [0.5, 0.6) is 11.5 Å². The predicted octanol–water partition coefficient (Wildman–Crippen LogP) is 5.45. The maximum Gasteiger partial charge on any atom is 0.129 e. The molecule has 4 heteroatoms. The third-order valence-electron chi connectivity index (χ3n) is 5.66. The van der Waals surface area contributed by atoms with Gasteiger partial charge in [-0.2, -0.15) is 5.06 Å². The molecule has 0 unspecified atom stereocenters. The zero-order chi connectivity index (χ0) is 18.4. The Hall–Kier alpha value is -1.26. The van der Waals surface area contributed by atoms with Crippen molar-refractivity contribution in [1.29, 1.82) is 0 Å². The molecule has 1 aromatic rings. The molecule has 2 aliphatic carbocycles. The molecule has 2 fully saturated rings. The maximum atomic E-state index is 9.43. The number of phenols is 1. The van der Waals surface area contributed by atoms with Crippen LogP contribution in [-0.4, -0.2) is 34.5 Å². The number of hydroxylamine groups is 2. The summed E-state index contributed by atoms with van der Waals surface area (Å²) in [6.07, 6.45) is 13.1. The minimum atomic E-state index is -0.418. The maximum absolute atomic E-state index is 9.43. The number of nitrogens with zero attached hydrogens (tertiary/aromatic N) is 1. The summed E-state index contributed by atoms with van der Waals surface area (Å²) < 4.78 is 6.12. The van der Waals surface area contributed by atoms with Gasteiger partial charge in [-0.1, -0.05) is 38.5 Å². The Kier molecular flexibility index (Phi) is 6.82. The number of hydrogen-bond donors (Lipinski definition) is 1. The van der Waals surface area contributed by atoms with Gasteiger partial charge in [0.15, 0.2) is 0 Å². The van der Waals surface area contributed by atoms with Crippen LogP contribution in [0.2, 0.25) is 0 Å². The molecule has 0 saturated heterocycles. The Bertz CT molecular complexity index is 513. The largest absolute Gasteiger partial charge is 0.508 e. The summed E-state index contributed by atoms with van der Waals surface area (Å²) >= 11 is 0. The van der Waals surface area contributed by atoms with Crippen molar-refractivity contribution in [2.75, 3.05) is 6.61 Å². The SMILES string of the molecule is CC(C)(CON(C1CCCCC1)C1CCCCC1)Oc1ccc(O)cc1. The van der Waals surface area contributed by atoms with Crippen LogP contribution in [0.4, 0.5) is 0 Å². The molecule has 2 saturated carbocycles. The Morgan fingerprint density at radius 1 is 0.885 bits per heavy atom. The van der Waals surface area contributed by atoms with Crippen LogP contribution in [0.1, 0.15) is 78.1 Å². The zero-order valence-electron chi connectivity index (χ0n) is 16.5. The monoisotopic (exact) mass is 361 g/mol. The first-order chi connectivity index (χ1) is 12.5. The van der Waals surface area contributed by atoms with Crippen LogP contribution >= 0.6 is 0 Å². The Morgan fingerprint density at radius 2 is 1.38 bits per heavy atom. The fourth-order valence-electron chi connectivity index (χ4n) is 4.27. The second-order valence-corrected chi connectivity index (χ2v) is 8.57. The first-order valence-corrected chi connectivity index (χ1v) is 10.4. The third kappa shape index (κ3) is 5.62. The van der Waals surface area contributed by atoms with Gasteiger partial charge in [0.2, 0.25) is 0 Å². The lowest BCUT2D eigenvalue weighted by molar-refractivity contribution is -0.243. The highest BCUT2D eigenvalue weighted by Crippen LogP contribution is 2.31. The fraction of sp³-hybridized carbons (Fsp3) is 0.727. The van der Waals surface area contributed by atoms with E-state index in [0.717, 1.165) is 5.75 Å². The summed E-state index contributed by atoms with van der Waals surface area (Å²) in [5, 5.41) is 11.8. The van der Waals surface area contributed by atoms with Gasteiger partial charge in [-0.05, 0) is 63.8 Å². The lowest BCUT2D eigenvalue weighted by Gasteiger charge is -2.41. The van der Waals surface area contributed by atoms with Gasteiger partial charge in [0.25, 0.3) is 0 Å². The van der Waals surface area contributed by atoms with E-state index in [1.165, 1.54) is 64.2 Å². The van der Waals surface area contributed by atoms with E-state index in [0.29, 0.717) is 18.7 Å². The summed E-state index contributed by atoms with van der Waals surface area (Å²) in [6, 6.07) is 8.05. The molecule has 0 radical (unpaired) electrons. The Labute approximate surface area is 158 Å². The van der Waals surface area contributed by atoms with Crippen molar-refractivity contribution in [3.05, 3.63) is 24.3 Å². The molecule has 1 N–H and O–H groups in total. The van der Waals surface area contributed by atoms with Crippen molar-refractivity contribution in [1.82, 2.24) is 5.06 Å². The second kappa shape index (κ2) is 9.09. The predicted molar refractivity (Wildman–Crippen MR) is 104 cm³/mol.